The van der Waals surface area contributed by atoms with Gasteiger partial charge in [0.05, 0.1) is 11.8 Å². The van der Waals surface area contributed by atoms with Gasteiger partial charge in [-0.25, -0.2) is 0 Å². The molecule has 2 aromatic rings. The zero-order chi connectivity index (χ0) is 10.7. The van der Waals surface area contributed by atoms with Gasteiger partial charge in [0.25, 0.3) is 0 Å². The van der Waals surface area contributed by atoms with Crippen LogP contribution in [0.4, 0.5) is 0 Å². The Morgan fingerprint density at radius 3 is 3.00 bits per heavy atom. The van der Waals surface area contributed by atoms with Gasteiger partial charge in [-0.05, 0) is 20.0 Å². The summed E-state index contributed by atoms with van der Waals surface area (Å²) in [5, 5.41) is 3.30. The van der Waals surface area contributed by atoms with E-state index in [1.165, 1.54) is 10.4 Å². The van der Waals surface area contributed by atoms with E-state index in [2.05, 4.69) is 10.3 Å². The van der Waals surface area contributed by atoms with Crippen LogP contribution in [0.2, 0.25) is 0 Å². The summed E-state index contributed by atoms with van der Waals surface area (Å²) in [4.78, 5) is 5.37. The highest BCUT2D eigenvalue weighted by atomic mass is 32.1. The van der Waals surface area contributed by atoms with Crippen molar-refractivity contribution in [2.24, 2.45) is 0 Å². The molecule has 4 heteroatoms. The van der Waals surface area contributed by atoms with Crippen molar-refractivity contribution in [2.75, 3.05) is 7.05 Å². The SMILES string of the molecule is CNC(Cc1cncs1)c1ccoc1C. The number of thiazole rings is 1. The lowest BCUT2D eigenvalue weighted by molar-refractivity contribution is 0.512. The Bertz CT molecular complexity index is 408. The summed E-state index contributed by atoms with van der Waals surface area (Å²) in [6.07, 6.45) is 4.62. The van der Waals surface area contributed by atoms with E-state index in [-0.39, 0.29) is 0 Å². The van der Waals surface area contributed by atoms with Crippen molar-refractivity contribution < 1.29 is 4.42 Å². The highest BCUT2D eigenvalue weighted by Gasteiger charge is 2.14. The van der Waals surface area contributed by atoms with E-state index in [1.54, 1.807) is 17.6 Å². The molecule has 1 N–H and O–H groups in total. The van der Waals surface area contributed by atoms with Crippen LogP contribution < -0.4 is 5.32 Å². The fraction of sp³-hybridized carbons (Fsp3) is 0.364. The maximum Gasteiger partial charge on any atom is 0.105 e. The van der Waals surface area contributed by atoms with Gasteiger partial charge in [-0.15, -0.1) is 11.3 Å². The molecule has 80 valence electrons. The molecular weight excluding hydrogens is 208 g/mol. The van der Waals surface area contributed by atoms with Crippen molar-refractivity contribution in [1.82, 2.24) is 10.3 Å². The Morgan fingerprint density at radius 2 is 2.47 bits per heavy atom. The highest BCUT2D eigenvalue weighted by Crippen LogP contribution is 2.23. The second-order valence-corrected chi connectivity index (χ2v) is 4.42. The number of nitrogens with one attached hydrogen (secondary N) is 1. The lowest BCUT2D eigenvalue weighted by Crippen LogP contribution is -2.18. The largest absolute Gasteiger partial charge is 0.469 e. The van der Waals surface area contributed by atoms with Crippen LogP contribution in [-0.4, -0.2) is 12.0 Å². The van der Waals surface area contributed by atoms with E-state index in [4.69, 9.17) is 4.42 Å². The molecule has 0 radical (unpaired) electrons. The maximum absolute atomic E-state index is 5.31. The molecule has 3 nitrogen and oxygen atoms in total. The van der Waals surface area contributed by atoms with Gasteiger partial charge in [0.1, 0.15) is 5.76 Å². The Kier molecular flexibility index (Phi) is 3.18. The van der Waals surface area contributed by atoms with Crippen LogP contribution in [0.15, 0.2) is 28.5 Å². The lowest BCUT2D eigenvalue weighted by atomic mass is 10.0. The second kappa shape index (κ2) is 4.59. The van der Waals surface area contributed by atoms with Crippen LogP contribution >= 0.6 is 11.3 Å². The first-order valence-corrected chi connectivity index (χ1v) is 5.78. The van der Waals surface area contributed by atoms with Crippen LogP contribution in [0.5, 0.6) is 0 Å². The van der Waals surface area contributed by atoms with Crippen LogP contribution in [0.3, 0.4) is 0 Å². The van der Waals surface area contributed by atoms with Gasteiger partial charge in [-0.2, -0.15) is 0 Å². The number of aryl methyl sites for hydroxylation is 1. The Morgan fingerprint density at radius 1 is 1.60 bits per heavy atom. The third kappa shape index (κ3) is 2.27. The molecular formula is C11H14N2OS. The van der Waals surface area contributed by atoms with Crippen LogP contribution in [0.25, 0.3) is 0 Å². The molecule has 0 aliphatic carbocycles. The minimum Gasteiger partial charge on any atom is -0.469 e. The normalized spacial score (nSPS) is 12.9. The molecule has 0 aliphatic heterocycles. The molecule has 2 heterocycles. The highest BCUT2D eigenvalue weighted by molar-refractivity contribution is 7.09. The van der Waals surface area contributed by atoms with Gasteiger partial charge >= 0.3 is 0 Å². The molecule has 2 aromatic heterocycles. The number of hydrogen-bond acceptors (Lipinski definition) is 4. The average molecular weight is 222 g/mol. The standard InChI is InChI=1S/C11H14N2OS/c1-8-10(3-4-14-8)11(12-2)5-9-6-13-7-15-9/h3-4,6-7,11-12H,5H2,1-2H3. The van der Waals surface area contributed by atoms with Crippen LogP contribution in [0.1, 0.15) is 22.2 Å². The van der Waals surface area contributed by atoms with E-state index in [0.29, 0.717) is 6.04 Å². The maximum atomic E-state index is 5.31. The molecule has 0 aliphatic rings. The zero-order valence-corrected chi connectivity index (χ0v) is 9.67. The van der Waals surface area contributed by atoms with Crippen molar-refractivity contribution >= 4 is 11.3 Å². The van der Waals surface area contributed by atoms with Gasteiger partial charge in [0.15, 0.2) is 0 Å². The average Bonchev–Trinajstić information content (AvgIpc) is 2.85. The van der Waals surface area contributed by atoms with Gasteiger partial charge in [-0.1, -0.05) is 0 Å². The van der Waals surface area contributed by atoms with Gasteiger partial charge in [-0.3, -0.25) is 4.98 Å². The smallest absolute Gasteiger partial charge is 0.105 e. The molecule has 1 unspecified atom stereocenters. The summed E-state index contributed by atoms with van der Waals surface area (Å²) >= 11 is 1.69. The van der Waals surface area contributed by atoms with Crippen LogP contribution in [-0.2, 0) is 6.42 Å². The summed E-state index contributed by atoms with van der Waals surface area (Å²) in [6, 6.07) is 2.33. The fourth-order valence-corrected chi connectivity index (χ4v) is 2.31. The van der Waals surface area contributed by atoms with E-state index in [1.807, 2.05) is 31.7 Å². The second-order valence-electron chi connectivity index (χ2n) is 3.45. The van der Waals surface area contributed by atoms with E-state index < -0.39 is 0 Å². The van der Waals surface area contributed by atoms with Gasteiger partial charge in [0, 0.05) is 29.1 Å². The summed E-state index contributed by atoms with van der Waals surface area (Å²) in [5.74, 6) is 0.985. The van der Waals surface area contributed by atoms with Gasteiger partial charge < -0.3 is 9.73 Å². The van der Waals surface area contributed by atoms with Gasteiger partial charge in [0.2, 0.25) is 0 Å². The molecule has 0 spiro atoms. The minimum absolute atomic E-state index is 0.309. The third-order valence-electron chi connectivity index (χ3n) is 2.51. The molecule has 0 saturated carbocycles. The number of aromatic nitrogens is 1. The Balaban J connectivity index is 2.15. The van der Waals surface area contributed by atoms with Crippen molar-refractivity contribution in [3.05, 3.63) is 40.2 Å². The minimum atomic E-state index is 0.309. The molecule has 1 atom stereocenters. The molecule has 0 aromatic carbocycles. The first kappa shape index (κ1) is 10.4. The zero-order valence-electron chi connectivity index (χ0n) is 8.86. The predicted molar refractivity (Wildman–Crippen MR) is 61.1 cm³/mol. The summed E-state index contributed by atoms with van der Waals surface area (Å²) in [5.41, 5.74) is 3.09. The monoisotopic (exact) mass is 222 g/mol. The molecule has 0 bridgehead atoms. The predicted octanol–water partition coefficient (Wildman–Crippen LogP) is 2.55. The molecule has 0 fully saturated rings. The van der Waals surface area contributed by atoms with Crippen molar-refractivity contribution in [3.63, 3.8) is 0 Å². The summed E-state index contributed by atoms with van der Waals surface area (Å²) in [6.45, 7) is 1.99. The lowest BCUT2D eigenvalue weighted by Gasteiger charge is -2.13. The number of rotatable bonds is 4. The number of furan rings is 1. The molecule has 0 amide bonds. The number of likely N-dealkylation sites (N-methyl/N-ethyl adjacent to an activating group) is 1. The first-order valence-electron chi connectivity index (χ1n) is 4.90. The number of nitrogens with zero attached hydrogens (tertiary/aromatic N) is 1. The van der Waals surface area contributed by atoms with Crippen molar-refractivity contribution in [2.45, 2.75) is 19.4 Å². The topological polar surface area (TPSA) is 38.1 Å². The summed E-state index contributed by atoms with van der Waals surface area (Å²) in [7, 11) is 1.97. The van der Waals surface area contributed by atoms with Crippen molar-refractivity contribution in [3.8, 4) is 0 Å². The molecule has 2 rings (SSSR count). The quantitative estimate of drug-likeness (QED) is 0.864. The number of hydrogen-bond donors (Lipinski definition) is 1. The van der Waals surface area contributed by atoms with E-state index >= 15 is 0 Å². The van der Waals surface area contributed by atoms with Crippen LogP contribution in [0, 0.1) is 6.92 Å². The van der Waals surface area contributed by atoms with E-state index in [9.17, 15) is 0 Å². The molecule has 15 heavy (non-hydrogen) atoms. The third-order valence-corrected chi connectivity index (χ3v) is 3.31. The van der Waals surface area contributed by atoms with E-state index in [0.717, 1.165) is 12.2 Å². The Labute approximate surface area is 93.2 Å². The molecule has 0 saturated heterocycles. The summed E-state index contributed by atoms with van der Waals surface area (Å²) < 4.78 is 5.31. The fourth-order valence-electron chi connectivity index (χ4n) is 1.67. The van der Waals surface area contributed by atoms with Crippen molar-refractivity contribution in [1.29, 1.82) is 0 Å². The first-order chi connectivity index (χ1) is 7.31. The Hall–Kier alpha value is -1.13.